The van der Waals surface area contributed by atoms with Crippen LogP contribution >= 0.6 is 11.6 Å². The summed E-state index contributed by atoms with van der Waals surface area (Å²) in [5.41, 5.74) is 0.367. The van der Waals surface area contributed by atoms with Crippen molar-refractivity contribution in [3.63, 3.8) is 0 Å². The maximum Gasteiger partial charge on any atom is 0.407 e. The predicted octanol–water partition coefficient (Wildman–Crippen LogP) is 1.33. The van der Waals surface area contributed by atoms with E-state index in [1.54, 1.807) is 17.9 Å². The number of carbonyl (C=O) groups excluding carboxylic acids is 2. The number of ether oxygens (including phenoxy) is 1. The molecule has 2 fully saturated rings. The van der Waals surface area contributed by atoms with Crippen molar-refractivity contribution < 1.29 is 18.8 Å². The zero-order valence-electron chi connectivity index (χ0n) is 17.0. The molecule has 1 atom stereocenters. The number of nitrogens with zero attached hydrogens (tertiary/aromatic N) is 4. The van der Waals surface area contributed by atoms with Crippen LogP contribution in [0.5, 0.6) is 0 Å². The van der Waals surface area contributed by atoms with E-state index in [4.69, 9.17) is 20.9 Å². The molecule has 2 aliphatic heterocycles. The summed E-state index contributed by atoms with van der Waals surface area (Å²) < 4.78 is 10.5. The SMILES string of the molecule is Cc1cc(C(=O)N2CCC(NC(=O)O[C@@H]3CCN(c4cn[nH]c(=O)c4Cl)C3)CC2)no1. The third-order valence-electron chi connectivity index (χ3n) is 5.49. The average Bonchev–Trinajstić information content (AvgIpc) is 3.39. The number of H-pyrrole nitrogens is 1. The highest BCUT2D eigenvalue weighted by Crippen LogP contribution is 2.26. The minimum absolute atomic E-state index is 0.0700. The summed E-state index contributed by atoms with van der Waals surface area (Å²) in [6.45, 7) is 3.80. The lowest BCUT2D eigenvalue weighted by molar-refractivity contribution is 0.0683. The van der Waals surface area contributed by atoms with Gasteiger partial charge in [-0.2, -0.15) is 5.10 Å². The first-order valence-electron chi connectivity index (χ1n) is 10.1. The molecule has 2 saturated heterocycles. The van der Waals surface area contributed by atoms with Crippen molar-refractivity contribution in [2.45, 2.75) is 38.3 Å². The van der Waals surface area contributed by atoms with E-state index < -0.39 is 11.7 Å². The molecule has 166 valence electrons. The van der Waals surface area contributed by atoms with Crippen molar-refractivity contribution in [2.24, 2.45) is 0 Å². The van der Waals surface area contributed by atoms with Gasteiger partial charge in [0.2, 0.25) is 0 Å². The van der Waals surface area contributed by atoms with Crippen molar-refractivity contribution in [3.8, 4) is 0 Å². The second-order valence-corrected chi connectivity index (χ2v) is 8.07. The Morgan fingerprint density at radius 1 is 1.29 bits per heavy atom. The summed E-state index contributed by atoms with van der Waals surface area (Å²) in [5, 5.41) is 12.8. The molecule has 2 aromatic rings. The Labute approximate surface area is 182 Å². The van der Waals surface area contributed by atoms with Gasteiger partial charge in [-0.1, -0.05) is 16.8 Å². The van der Waals surface area contributed by atoms with Crippen molar-refractivity contribution >= 4 is 29.3 Å². The van der Waals surface area contributed by atoms with Crippen molar-refractivity contribution in [2.75, 3.05) is 31.1 Å². The molecule has 12 heteroatoms. The zero-order valence-corrected chi connectivity index (χ0v) is 17.7. The summed E-state index contributed by atoms with van der Waals surface area (Å²) in [4.78, 5) is 39.9. The fourth-order valence-electron chi connectivity index (χ4n) is 3.85. The first-order valence-corrected chi connectivity index (χ1v) is 10.5. The predicted molar refractivity (Wildman–Crippen MR) is 110 cm³/mol. The number of aromatic amines is 1. The Hall–Kier alpha value is -3.08. The van der Waals surface area contributed by atoms with E-state index in [-0.39, 0.29) is 23.1 Å². The number of amides is 2. The van der Waals surface area contributed by atoms with Crippen LogP contribution in [-0.4, -0.2) is 70.6 Å². The zero-order chi connectivity index (χ0) is 22.0. The number of carbonyl (C=O) groups is 2. The Morgan fingerprint density at radius 3 is 2.77 bits per heavy atom. The molecule has 0 aromatic carbocycles. The number of anilines is 1. The van der Waals surface area contributed by atoms with Gasteiger partial charge < -0.3 is 24.4 Å². The van der Waals surface area contributed by atoms with Gasteiger partial charge in [-0.15, -0.1) is 0 Å². The lowest BCUT2D eigenvalue weighted by Gasteiger charge is -2.31. The van der Waals surface area contributed by atoms with Crippen LogP contribution in [0, 0.1) is 6.92 Å². The maximum absolute atomic E-state index is 12.4. The standard InChI is InChI=1S/C19H23ClN6O5/c1-11-8-14(24-31-11)18(28)25-5-2-12(3-6-25)22-19(29)30-13-4-7-26(10-13)15-9-21-23-17(27)16(15)20/h8-9,12-13H,2-7,10H2,1H3,(H,22,29)(H,23,27)/t13-/m1/s1. The van der Waals surface area contributed by atoms with Crippen LogP contribution in [0.3, 0.4) is 0 Å². The molecule has 0 saturated carbocycles. The summed E-state index contributed by atoms with van der Waals surface area (Å²) >= 11 is 6.05. The smallest absolute Gasteiger partial charge is 0.407 e. The largest absolute Gasteiger partial charge is 0.444 e. The molecule has 31 heavy (non-hydrogen) atoms. The maximum atomic E-state index is 12.4. The normalized spacial score (nSPS) is 19.5. The minimum atomic E-state index is -0.487. The fourth-order valence-corrected chi connectivity index (χ4v) is 4.06. The molecule has 11 nitrogen and oxygen atoms in total. The number of alkyl carbamates (subject to hydrolysis) is 1. The first-order chi connectivity index (χ1) is 14.9. The molecule has 4 heterocycles. The van der Waals surface area contributed by atoms with Gasteiger partial charge in [0.1, 0.15) is 16.9 Å². The molecule has 2 N–H and O–H groups in total. The highest BCUT2D eigenvalue weighted by molar-refractivity contribution is 6.33. The van der Waals surface area contributed by atoms with E-state index >= 15 is 0 Å². The third-order valence-corrected chi connectivity index (χ3v) is 5.85. The first kappa shape index (κ1) is 21.2. The molecule has 2 aliphatic rings. The average molecular weight is 451 g/mol. The molecule has 2 amide bonds. The highest BCUT2D eigenvalue weighted by atomic mass is 35.5. The van der Waals surface area contributed by atoms with Gasteiger partial charge in [0.25, 0.3) is 11.5 Å². The van der Waals surface area contributed by atoms with Gasteiger partial charge in [0.15, 0.2) is 5.69 Å². The monoisotopic (exact) mass is 450 g/mol. The van der Waals surface area contributed by atoms with Crippen LogP contribution in [-0.2, 0) is 4.74 Å². The Kier molecular flexibility index (Phi) is 6.12. The lowest BCUT2D eigenvalue weighted by Crippen LogP contribution is -2.47. The van der Waals surface area contributed by atoms with E-state index in [0.29, 0.717) is 62.6 Å². The number of aryl methyl sites for hydroxylation is 1. The van der Waals surface area contributed by atoms with Gasteiger partial charge in [0, 0.05) is 38.2 Å². The van der Waals surface area contributed by atoms with Crippen molar-refractivity contribution in [1.82, 2.24) is 25.6 Å². The number of likely N-dealkylation sites (tertiary alicyclic amines) is 1. The molecule has 2 aromatic heterocycles. The van der Waals surface area contributed by atoms with Gasteiger partial charge in [0.05, 0.1) is 18.4 Å². The van der Waals surface area contributed by atoms with Gasteiger partial charge in [-0.05, 0) is 19.8 Å². The number of piperidine rings is 1. The van der Waals surface area contributed by atoms with E-state index in [1.165, 1.54) is 6.20 Å². The topological polar surface area (TPSA) is 134 Å². The number of aromatic nitrogens is 3. The summed E-state index contributed by atoms with van der Waals surface area (Å²) in [5.74, 6) is 0.419. The Bertz CT molecular complexity index is 1020. The van der Waals surface area contributed by atoms with E-state index in [0.717, 1.165) is 0 Å². The van der Waals surface area contributed by atoms with Gasteiger partial charge in [-0.3, -0.25) is 9.59 Å². The van der Waals surface area contributed by atoms with Gasteiger partial charge in [-0.25, -0.2) is 9.89 Å². The summed E-state index contributed by atoms with van der Waals surface area (Å²) in [6, 6.07) is 1.54. The fraction of sp³-hybridized carbons (Fsp3) is 0.526. The molecule has 0 spiro atoms. The highest BCUT2D eigenvalue weighted by Gasteiger charge is 2.30. The second kappa shape index (κ2) is 8.96. The minimum Gasteiger partial charge on any atom is -0.444 e. The summed E-state index contributed by atoms with van der Waals surface area (Å²) in [7, 11) is 0. The van der Waals surface area contributed by atoms with Crippen LogP contribution < -0.4 is 15.8 Å². The number of halogens is 1. The van der Waals surface area contributed by atoms with Crippen molar-refractivity contribution in [3.05, 3.63) is 39.1 Å². The van der Waals surface area contributed by atoms with Crippen LogP contribution in [0.4, 0.5) is 10.5 Å². The van der Waals surface area contributed by atoms with E-state index in [1.807, 2.05) is 4.90 Å². The number of hydrogen-bond donors (Lipinski definition) is 2. The van der Waals surface area contributed by atoms with Crippen LogP contribution in [0.2, 0.25) is 5.02 Å². The lowest BCUT2D eigenvalue weighted by atomic mass is 10.0. The van der Waals surface area contributed by atoms with Crippen LogP contribution in [0.15, 0.2) is 21.6 Å². The quantitative estimate of drug-likeness (QED) is 0.712. The molecule has 0 radical (unpaired) electrons. The summed E-state index contributed by atoms with van der Waals surface area (Å²) in [6.07, 6.45) is 2.57. The molecular weight excluding hydrogens is 428 g/mol. The molecule has 4 rings (SSSR count). The van der Waals surface area contributed by atoms with E-state index in [9.17, 15) is 14.4 Å². The number of nitrogens with one attached hydrogen (secondary N) is 2. The van der Waals surface area contributed by atoms with Crippen molar-refractivity contribution in [1.29, 1.82) is 0 Å². The van der Waals surface area contributed by atoms with Gasteiger partial charge >= 0.3 is 6.09 Å². The van der Waals surface area contributed by atoms with E-state index in [2.05, 4.69) is 20.7 Å². The third kappa shape index (κ3) is 4.82. The molecular formula is C19H23ClN6O5. The molecule has 0 aliphatic carbocycles. The Balaban J connectivity index is 1.22. The Morgan fingerprint density at radius 2 is 2.06 bits per heavy atom. The van der Waals surface area contributed by atoms with Crippen LogP contribution in [0.1, 0.15) is 35.5 Å². The van der Waals surface area contributed by atoms with Crippen LogP contribution in [0.25, 0.3) is 0 Å². The second-order valence-electron chi connectivity index (χ2n) is 7.69. The molecule has 0 unspecified atom stereocenters. The molecule has 0 bridgehead atoms. The number of hydrogen-bond acceptors (Lipinski definition) is 8. The number of rotatable bonds is 4.